The molecule has 1 aliphatic heterocycles. The largest absolute Gasteiger partial charge is 0.326 e. The summed E-state index contributed by atoms with van der Waals surface area (Å²) in [6, 6.07) is 10.7. The Morgan fingerprint density at radius 3 is 1.92 bits per heavy atom. The van der Waals surface area contributed by atoms with Crippen molar-refractivity contribution in [3.63, 3.8) is 0 Å². The summed E-state index contributed by atoms with van der Waals surface area (Å²) in [4.78, 5) is 17.6. The molecule has 1 N–H and O–H groups in total. The molecule has 0 bridgehead atoms. The monoisotopic (exact) mass is 539 g/mol. The number of aromatic nitrogens is 2. The highest BCUT2D eigenvalue weighted by Gasteiger charge is 2.40. The number of piperidine rings is 1. The third kappa shape index (κ3) is 4.48. The van der Waals surface area contributed by atoms with Crippen molar-refractivity contribution in [2.24, 2.45) is 0 Å². The molecule has 1 atom stereocenters. The minimum atomic E-state index is -1.21. The molecule has 202 valence electrons. The van der Waals surface area contributed by atoms with Crippen molar-refractivity contribution >= 4 is 11.0 Å². The van der Waals surface area contributed by atoms with Gasteiger partial charge in [-0.1, -0.05) is 24.3 Å². The highest BCUT2D eigenvalue weighted by atomic mass is 19.1. The molecule has 1 unspecified atom stereocenters. The average Bonchev–Trinajstić information content (AvgIpc) is 3.23. The number of nitrogens with zero attached hydrogens (tertiary/aromatic N) is 2. The van der Waals surface area contributed by atoms with Gasteiger partial charge in [-0.15, -0.1) is 0 Å². The van der Waals surface area contributed by atoms with Gasteiger partial charge in [-0.05, 0) is 56.0 Å². The van der Waals surface area contributed by atoms with E-state index in [0.29, 0.717) is 49.8 Å². The standard InChI is InChI=1S/C30H26F5N3O/c31-18-1-4-23(25(34)15-18)30(24-5-2-19(32)16-26(24)35)11-7-21(8-12-30)37-13-9-22(10-14-37)38-28-6-3-20(33)17-27(28)36-29(38)39/h1-7,11,15-17,21-22H,8-10,12-14H2,(H,36,39). The first-order chi connectivity index (χ1) is 18.7. The number of imidazole rings is 1. The lowest BCUT2D eigenvalue weighted by molar-refractivity contribution is 0.143. The molecule has 1 fully saturated rings. The first-order valence-electron chi connectivity index (χ1n) is 13.0. The molecule has 2 aliphatic rings. The summed E-state index contributed by atoms with van der Waals surface area (Å²) in [7, 11) is 0. The Kier molecular flexibility index (Phi) is 6.41. The van der Waals surface area contributed by atoms with Crippen molar-refractivity contribution in [2.75, 3.05) is 13.1 Å². The summed E-state index contributed by atoms with van der Waals surface area (Å²) in [6.45, 7) is 1.39. The van der Waals surface area contributed by atoms with Crippen molar-refractivity contribution in [2.45, 2.75) is 43.2 Å². The van der Waals surface area contributed by atoms with E-state index in [0.717, 1.165) is 24.3 Å². The smallest absolute Gasteiger partial charge is 0.305 e. The van der Waals surface area contributed by atoms with Crippen molar-refractivity contribution in [3.8, 4) is 0 Å². The van der Waals surface area contributed by atoms with Crippen LogP contribution in [0.1, 0.15) is 42.9 Å². The molecule has 2 heterocycles. The van der Waals surface area contributed by atoms with Crippen LogP contribution in [0, 0.1) is 29.1 Å². The summed E-state index contributed by atoms with van der Waals surface area (Å²) in [5, 5.41) is 0. The Morgan fingerprint density at radius 1 is 0.769 bits per heavy atom. The summed E-state index contributed by atoms with van der Waals surface area (Å²) in [6.07, 6.45) is 6.01. The molecule has 0 radical (unpaired) electrons. The summed E-state index contributed by atoms with van der Waals surface area (Å²) < 4.78 is 72.8. The van der Waals surface area contributed by atoms with Crippen LogP contribution in [0.5, 0.6) is 0 Å². The maximum Gasteiger partial charge on any atom is 0.326 e. The highest BCUT2D eigenvalue weighted by molar-refractivity contribution is 5.75. The molecule has 1 aromatic heterocycles. The van der Waals surface area contributed by atoms with Gasteiger partial charge in [-0.3, -0.25) is 9.47 Å². The maximum atomic E-state index is 15.0. The van der Waals surface area contributed by atoms with Gasteiger partial charge in [-0.2, -0.15) is 0 Å². The van der Waals surface area contributed by atoms with Crippen LogP contribution in [0.2, 0.25) is 0 Å². The molecule has 3 aromatic carbocycles. The Hall–Kier alpha value is -3.72. The van der Waals surface area contributed by atoms with E-state index < -0.39 is 34.5 Å². The molecule has 4 nitrogen and oxygen atoms in total. The molecule has 4 aromatic rings. The Balaban J connectivity index is 1.26. The number of nitrogens with one attached hydrogen (secondary N) is 1. The van der Waals surface area contributed by atoms with Crippen LogP contribution in [0.4, 0.5) is 22.0 Å². The highest BCUT2D eigenvalue weighted by Crippen LogP contribution is 2.44. The lowest BCUT2D eigenvalue weighted by Gasteiger charge is -2.42. The van der Waals surface area contributed by atoms with Crippen LogP contribution in [0.25, 0.3) is 11.0 Å². The molecule has 39 heavy (non-hydrogen) atoms. The van der Waals surface area contributed by atoms with Gasteiger partial charge in [0.1, 0.15) is 29.1 Å². The second-order valence-corrected chi connectivity index (χ2v) is 10.4. The van der Waals surface area contributed by atoms with Gasteiger partial charge in [0.15, 0.2) is 0 Å². The van der Waals surface area contributed by atoms with E-state index in [1.165, 1.54) is 24.3 Å². The average molecular weight is 540 g/mol. The molecule has 9 heteroatoms. The van der Waals surface area contributed by atoms with Crippen LogP contribution in [0.15, 0.2) is 71.5 Å². The summed E-state index contributed by atoms with van der Waals surface area (Å²) >= 11 is 0. The zero-order valence-corrected chi connectivity index (χ0v) is 20.9. The third-order valence-electron chi connectivity index (χ3n) is 8.27. The molecule has 1 saturated heterocycles. The Morgan fingerprint density at radius 2 is 1.36 bits per heavy atom. The third-order valence-corrected chi connectivity index (χ3v) is 8.27. The van der Waals surface area contributed by atoms with E-state index in [1.54, 1.807) is 16.7 Å². The fourth-order valence-corrected chi connectivity index (χ4v) is 6.37. The molecular weight excluding hydrogens is 513 g/mol. The Bertz CT molecular complexity index is 1580. The number of aromatic amines is 1. The normalized spacial score (nSPS) is 20.1. The fraction of sp³-hybridized carbons (Fsp3) is 0.300. The second kappa shape index (κ2) is 9.79. The number of hydrogen-bond acceptors (Lipinski definition) is 2. The number of allylic oxidation sites excluding steroid dienone is 1. The van der Waals surface area contributed by atoms with Gasteiger partial charge >= 0.3 is 5.69 Å². The van der Waals surface area contributed by atoms with Gasteiger partial charge in [0, 0.05) is 53.8 Å². The number of rotatable bonds is 4. The van der Waals surface area contributed by atoms with Gasteiger partial charge < -0.3 is 4.98 Å². The number of likely N-dealkylation sites (tertiary alicyclic amines) is 1. The van der Waals surface area contributed by atoms with Crippen LogP contribution < -0.4 is 5.69 Å². The van der Waals surface area contributed by atoms with Gasteiger partial charge in [0.25, 0.3) is 0 Å². The van der Waals surface area contributed by atoms with E-state index in [2.05, 4.69) is 9.88 Å². The molecular formula is C30H26F5N3O. The lowest BCUT2D eigenvalue weighted by atomic mass is 9.67. The number of halogens is 5. The van der Waals surface area contributed by atoms with Gasteiger partial charge in [0.2, 0.25) is 0 Å². The number of hydrogen-bond donors (Lipinski definition) is 1. The number of H-pyrrole nitrogens is 1. The second-order valence-electron chi connectivity index (χ2n) is 10.4. The minimum Gasteiger partial charge on any atom is -0.305 e. The molecule has 1 aliphatic carbocycles. The van der Waals surface area contributed by atoms with Gasteiger partial charge in [-0.25, -0.2) is 26.7 Å². The van der Waals surface area contributed by atoms with Crippen LogP contribution in [-0.4, -0.2) is 33.6 Å². The van der Waals surface area contributed by atoms with Crippen LogP contribution in [-0.2, 0) is 5.41 Å². The van der Waals surface area contributed by atoms with E-state index in [1.807, 2.05) is 6.08 Å². The molecule has 0 saturated carbocycles. The van der Waals surface area contributed by atoms with E-state index in [4.69, 9.17) is 0 Å². The molecule has 0 spiro atoms. The van der Waals surface area contributed by atoms with Crippen LogP contribution >= 0.6 is 0 Å². The van der Waals surface area contributed by atoms with E-state index in [9.17, 15) is 18.0 Å². The van der Waals surface area contributed by atoms with Crippen molar-refractivity contribution in [3.05, 3.63) is 117 Å². The zero-order chi connectivity index (χ0) is 27.3. The van der Waals surface area contributed by atoms with Gasteiger partial charge in [0.05, 0.1) is 11.0 Å². The minimum absolute atomic E-state index is 0.000110. The first-order valence-corrected chi connectivity index (χ1v) is 13.0. The van der Waals surface area contributed by atoms with Crippen LogP contribution in [0.3, 0.4) is 0 Å². The predicted octanol–water partition coefficient (Wildman–Crippen LogP) is 6.37. The number of benzene rings is 3. The molecule has 0 amide bonds. The first kappa shape index (κ1) is 25.6. The van der Waals surface area contributed by atoms with E-state index >= 15 is 8.78 Å². The lowest BCUT2D eigenvalue weighted by Crippen LogP contribution is -2.45. The number of fused-ring (bicyclic) bond motifs is 1. The topological polar surface area (TPSA) is 41.0 Å². The molecule has 6 rings (SSSR count). The predicted molar refractivity (Wildman–Crippen MR) is 138 cm³/mol. The van der Waals surface area contributed by atoms with Crippen molar-refractivity contribution in [1.29, 1.82) is 0 Å². The fourth-order valence-electron chi connectivity index (χ4n) is 6.37. The van der Waals surface area contributed by atoms with E-state index in [-0.39, 0.29) is 28.9 Å². The quantitative estimate of drug-likeness (QED) is 0.242. The maximum absolute atomic E-state index is 15.0. The SMILES string of the molecule is O=c1[nH]c2cc(F)ccc2n1C1CCN(C2C=CC(c3ccc(F)cc3F)(c3ccc(F)cc3F)CC2)CC1. The van der Waals surface area contributed by atoms with Crippen molar-refractivity contribution < 1.29 is 22.0 Å². The Labute approximate surface area is 221 Å². The summed E-state index contributed by atoms with van der Waals surface area (Å²) in [5.41, 5.74) is -0.0633. The summed E-state index contributed by atoms with van der Waals surface area (Å²) in [5.74, 6) is -3.44. The zero-order valence-electron chi connectivity index (χ0n) is 20.9. The van der Waals surface area contributed by atoms with Crippen molar-refractivity contribution in [1.82, 2.24) is 14.5 Å².